The predicted molar refractivity (Wildman–Crippen MR) is 116 cm³/mol. The van der Waals surface area contributed by atoms with Crippen molar-refractivity contribution >= 4 is 40.0 Å². The Labute approximate surface area is 178 Å². The lowest BCUT2D eigenvalue weighted by molar-refractivity contribution is -0.123. The van der Waals surface area contributed by atoms with Crippen LogP contribution in [0.2, 0.25) is 0 Å². The first-order valence-electron chi connectivity index (χ1n) is 10.4. The van der Waals surface area contributed by atoms with Crippen molar-refractivity contribution in [2.45, 2.75) is 6.42 Å². The number of nitrogens with zero attached hydrogens (tertiary/aromatic N) is 2. The fourth-order valence-corrected chi connectivity index (χ4v) is 5.32. The monoisotopic (exact) mass is 409 g/mol. The van der Waals surface area contributed by atoms with Crippen LogP contribution < -0.4 is 10.2 Å². The molecule has 1 unspecified atom stereocenters. The van der Waals surface area contributed by atoms with E-state index in [0.717, 1.165) is 17.3 Å². The van der Waals surface area contributed by atoms with Crippen LogP contribution in [-0.2, 0) is 9.59 Å². The van der Waals surface area contributed by atoms with Crippen LogP contribution in [0, 0.1) is 23.7 Å². The van der Waals surface area contributed by atoms with Crippen molar-refractivity contribution in [3.8, 4) is 0 Å². The first-order valence-corrected chi connectivity index (χ1v) is 10.4. The number of nitrogens with one attached hydrogen (secondary N) is 1. The second kappa shape index (κ2) is 6.60. The molecule has 1 aromatic heterocycles. The van der Waals surface area contributed by atoms with E-state index in [-0.39, 0.29) is 41.4 Å². The zero-order valence-electron chi connectivity index (χ0n) is 16.6. The van der Waals surface area contributed by atoms with E-state index in [9.17, 15) is 14.4 Å². The molecule has 152 valence electrons. The van der Waals surface area contributed by atoms with Crippen molar-refractivity contribution in [3.05, 3.63) is 78.5 Å². The van der Waals surface area contributed by atoms with E-state index in [1.54, 1.807) is 30.5 Å². The molecule has 2 bridgehead atoms. The van der Waals surface area contributed by atoms with Gasteiger partial charge in [-0.3, -0.25) is 24.3 Å². The Morgan fingerprint density at radius 3 is 2.29 bits per heavy atom. The molecular weight excluding hydrogens is 390 g/mol. The van der Waals surface area contributed by atoms with Crippen LogP contribution in [0.1, 0.15) is 16.8 Å². The largest absolute Gasteiger partial charge is 0.320 e. The molecule has 2 fully saturated rings. The third kappa shape index (κ3) is 2.64. The van der Waals surface area contributed by atoms with Gasteiger partial charge in [-0.15, -0.1) is 0 Å². The minimum absolute atomic E-state index is 0.120. The molecule has 3 amide bonds. The van der Waals surface area contributed by atoms with E-state index in [0.29, 0.717) is 16.9 Å². The highest BCUT2D eigenvalue weighted by Crippen LogP contribution is 2.53. The smallest absolute Gasteiger partial charge is 0.255 e. The van der Waals surface area contributed by atoms with Gasteiger partial charge in [0.25, 0.3) is 5.91 Å². The van der Waals surface area contributed by atoms with Gasteiger partial charge in [-0.25, -0.2) is 0 Å². The molecule has 3 aromatic rings. The first kappa shape index (κ1) is 18.0. The molecular formula is C25H19N3O3. The summed E-state index contributed by atoms with van der Waals surface area (Å²) in [6, 6.07) is 16.0. The Bertz CT molecular complexity index is 1250. The molecule has 6 nitrogen and oxygen atoms in total. The minimum atomic E-state index is -0.275. The number of anilines is 2. The van der Waals surface area contributed by atoms with Gasteiger partial charge in [-0.05, 0) is 54.7 Å². The van der Waals surface area contributed by atoms with Crippen molar-refractivity contribution in [3.63, 3.8) is 0 Å². The van der Waals surface area contributed by atoms with Gasteiger partial charge in [0.1, 0.15) is 0 Å². The zero-order chi connectivity index (χ0) is 21.1. The number of pyridine rings is 1. The van der Waals surface area contributed by atoms with Gasteiger partial charge < -0.3 is 5.32 Å². The molecule has 1 saturated carbocycles. The van der Waals surface area contributed by atoms with E-state index < -0.39 is 0 Å². The zero-order valence-corrected chi connectivity index (χ0v) is 16.6. The fourth-order valence-electron chi connectivity index (χ4n) is 5.32. The number of hydrogen-bond acceptors (Lipinski definition) is 4. The van der Waals surface area contributed by atoms with Crippen molar-refractivity contribution in [1.29, 1.82) is 0 Å². The van der Waals surface area contributed by atoms with Gasteiger partial charge >= 0.3 is 0 Å². The molecule has 2 heterocycles. The van der Waals surface area contributed by atoms with Gasteiger partial charge in [-0.2, -0.15) is 0 Å². The normalized spacial score (nSPS) is 26.0. The molecule has 4 atom stereocenters. The van der Waals surface area contributed by atoms with E-state index >= 15 is 0 Å². The lowest BCUT2D eigenvalue weighted by Gasteiger charge is -2.17. The Kier molecular flexibility index (Phi) is 3.84. The molecule has 0 spiro atoms. The van der Waals surface area contributed by atoms with Crippen molar-refractivity contribution in [1.82, 2.24) is 4.98 Å². The average Bonchev–Trinajstić information content (AvgIpc) is 3.48. The summed E-state index contributed by atoms with van der Waals surface area (Å²) in [5.41, 5.74) is 2.32. The summed E-state index contributed by atoms with van der Waals surface area (Å²) in [5.74, 6) is -0.625. The van der Waals surface area contributed by atoms with Crippen LogP contribution >= 0.6 is 0 Å². The number of benzene rings is 2. The summed E-state index contributed by atoms with van der Waals surface area (Å²) in [6.07, 6.45) is 6.75. The molecule has 6 rings (SSSR count). The van der Waals surface area contributed by atoms with Crippen LogP contribution in [0.25, 0.3) is 10.9 Å². The standard InChI is InChI=1S/C25H19N3O3/c29-23(27-19-5-1-3-14-4-2-12-26-22(14)19)15-8-10-18(11-9-15)28-24(30)20-16-6-7-17(13-16)21(20)25(28)31/h1-12,16-17,20-21H,13H2,(H,27,29)/t16-,17?,20-,21+/m1/s1. The van der Waals surface area contributed by atoms with Gasteiger partial charge in [0.15, 0.2) is 0 Å². The fraction of sp³-hybridized carbons (Fsp3) is 0.200. The van der Waals surface area contributed by atoms with Crippen molar-refractivity contribution < 1.29 is 14.4 Å². The molecule has 1 aliphatic heterocycles. The molecule has 2 aliphatic carbocycles. The highest BCUT2D eigenvalue weighted by atomic mass is 16.2. The van der Waals surface area contributed by atoms with E-state index in [4.69, 9.17) is 0 Å². The van der Waals surface area contributed by atoms with Crippen LogP contribution in [0.3, 0.4) is 0 Å². The van der Waals surface area contributed by atoms with Crippen molar-refractivity contribution in [2.24, 2.45) is 23.7 Å². The number of para-hydroxylation sites is 1. The van der Waals surface area contributed by atoms with Crippen molar-refractivity contribution in [2.75, 3.05) is 10.2 Å². The Morgan fingerprint density at radius 1 is 0.903 bits per heavy atom. The SMILES string of the molecule is O=C(Nc1cccc2cccnc12)c1ccc(N2C(=O)[C@@H]3[C@@H]4C=CC(C4)[C@@H]3C2=O)cc1. The molecule has 0 radical (unpaired) electrons. The summed E-state index contributed by atoms with van der Waals surface area (Å²) in [4.78, 5) is 44.4. The van der Waals surface area contributed by atoms with E-state index in [1.165, 1.54) is 4.90 Å². The average molecular weight is 409 g/mol. The Hall–Kier alpha value is -3.80. The number of imide groups is 1. The number of aromatic nitrogens is 1. The quantitative estimate of drug-likeness (QED) is 0.527. The lowest BCUT2D eigenvalue weighted by Crippen LogP contribution is -2.32. The van der Waals surface area contributed by atoms with Gasteiger partial charge in [-0.1, -0.05) is 30.4 Å². The van der Waals surface area contributed by atoms with E-state index in [1.807, 2.05) is 30.3 Å². The van der Waals surface area contributed by atoms with Gasteiger partial charge in [0.2, 0.25) is 11.8 Å². The first-order chi connectivity index (χ1) is 15.1. The topological polar surface area (TPSA) is 79.4 Å². The lowest BCUT2D eigenvalue weighted by atomic mass is 9.85. The Morgan fingerprint density at radius 2 is 1.58 bits per heavy atom. The number of hydrogen-bond donors (Lipinski definition) is 1. The molecule has 6 heteroatoms. The molecule has 3 aliphatic rings. The summed E-state index contributed by atoms with van der Waals surface area (Å²) in [6.45, 7) is 0. The number of rotatable bonds is 3. The Balaban J connectivity index is 1.24. The van der Waals surface area contributed by atoms with Crippen LogP contribution in [0.4, 0.5) is 11.4 Å². The molecule has 1 saturated heterocycles. The summed E-state index contributed by atoms with van der Waals surface area (Å²) < 4.78 is 0. The number of carbonyl (C=O) groups excluding carboxylic acids is 3. The second-order valence-corrected chi connectivity index (χ2v) is 8.39. The highest BCUT2D eigenvalue weighted by molar-refractivity contribution is 6.23. The second-order valence-electron chi connectivity index (χ2n) is 8.39. The molecule has 1 N–H and O–H groups in total. The molecule has 31 heavy (non-hydrogen) atoms. The number of allylic oxidation sites excluding steroid dienone is 2. The number of carbonyl (C=O) groups is 3. The van der Waals surface area contributed by atoms with Gasteiger partial charge in [0.05, 0.1) is 28.7 Å². The highest BCUT2D eigenvalue weighted by Gasteiger charge is 2.59. The maximum absolute atomic E-state index is 13.0. The maximum atomic E-state index is 13.0. The third-order valence-electron chi connectivity index (χ3n) is 6.74. The van der Waals surface area contributed by atoms with E-state index in [2.05, 4.69) is 22.5 Å². The summed E-state index contributed by atoms with van der Waals surface area (Å²) >= 11 is 0. The minimum Gasteiger partial charge on any atom is -0.320 e. The third-order valence-corrected chi connectivity index (χ3v) is 6.74. The maximum Gasteiger partial charge on any atom is 0.255 e. The predicted octanol–water partition coefficient (Wildman–Crippen LogP) is 3.80. The van der Waals surface area contributed by atoms with Crippen LogP contribution in [0.5, 0.6) is 0 Å². The summed E-state index contributed by atoms with van der Waals surface area (Å²) in [7, 11) is 0. The van der Waals surface area contributed by atoms with Crippen LogP contribution in [0.15, 0.2) is 72.9 Å². The van der Waals surface area contributed by atoms with Crippen LogP contribution in [-0.4, -0.2) is 22.7 Å². The van der Waals surface area contributed by atoms with Gasteiger partial charge in [0, 0.05) is 17.1 Å². The number of amides is 3. The number of fused-ring (bicyclic) bond motifs is 6. The molecule has 2 aromatic carbocycles. The summed E-state index contributed by atoms with van der Waals surface area (Å²) in [5, 5.41) is 3.84.